The van der Waals surface area contributed by atoms with Gasteiger partial charge in [0.25, 0.3) is 5.91 Å². The zero-order chi connectivity index (χ0) is 13.9. The molecule has 1 aromatic carbocycles. The van der Waals surface area contributed by atoms with E-state index in [2.05, 4.69) is 24.5 Å². The fraction of sp³-hybridized carbons (Fsp3) is 0.562. The summed E-state index contributed by atoms with van der Waals surface area (Å²) >= 11 is 0. The molecule has 0 aromatic heterocycles. The van der Waals surface area contributed by atoms with E-state index in [-0.39, 0.29) is 5.91 Å². The van der Waals surface area contributed by atoms with Crippen molar-refractivity contribution in [2.75, 3.05) is 12.4 Å². The van der Waals surface area contributed by atoms with Crippen LogP contribution < -0.4 is 10.6 Å². The maximum Gasteiger partial charge on any atom is 0.251 e. The summed E-state index contributed by atoms with van der Waals surface area (Å²) in [6.07, 6.45) is 4.94. The molecule has 0 aliphatic heterocycles. The van der Waals surface area contributed by atoms with Gasteiger partial charge in [-0.25, -0.2) is 0 Å². The van der Waals surface area contributed by atoms with Crippen molar-refractivity contribution in [2.45, 2.75) is 45.6 Å². The van der Waals surface area contributed by atoms with E-state index in [1.807, 2.05) is 24.3 Å². The van der Waals surface area contributed by atoms with E-state index in [9.17, 15) is 4.79 Å². The summed E-state index contributed by atoms with van der Waals surface area (Å²) in [4.78, 5) is 11.6. The summed E-state index contributed by atoms with van der Waals surface area (Å²) in [5.74, 6) is -0.0339. The molecule has 3 heteroatoms. The fourth-order valence-electron chi connectivity index (χ4n) is 2.67. The maximum atomic E-state index is 11.6. The topological polar surface area (TPSA) is 41.1 Å². The molecule has 1 amide bonds. The van der Waals surface area contributed by atoms with Gasteiger partial charge in [0.2, 0.25) is 0 Å². The SMILES string of the molecule is CNC(=O)c1cccc(NC2CCC(C)(C)CC2)c1. The third-order valence-corrected chi connectivity index (χ3v) is 4.06. The number of carbonyl (C=O) groups is 1. The quantitative estimate of drug-likeness (QED) is 0.874. The lowest BCUT2D eigenvalue weighted by molar-refractivity contribution is 0.0963. The molecule has 0 unspecified atom stereocenters. The molecular formula is C16H24N2O. The highest BCUT2D eigenvalue weighted by Crippen LogP contribution is 2.36. The van der Waals surface area contributed by atoms with Gasteiger partial charge in [-0.1, -0.05) is 19.9 Å². The molecule has 0 radical (unpaired) electrons. The summed E-state index contributed by atoms with van der Waals surface area (Å²) in [7, 11) is 1.66. The van der Waals surface area contributed by atoms with E-state index in [0.717, 1.165) is 5.69 Å². The molecule has 1 aromatic rings. The van der Waals surface area contributed by atoms with Gasteiger partial charge in [0.1, 0.15) is 0 Å². The summed E-state index contributed by atoms with van der Waals surface area (Å²) < 4.78 is 0. The second kappa shape index (κ2) is 5.64. The standard InChI is InChI=1S/C16H24N2O/c1-16(2)9-7-13(8-10-16)18-14-6-4-5-12(11-14)15(19)17-3/h4-6,11,13,18H,7-10H2,1-3H3,(H,17,19). The minimum absolute atomic E-state index is 0.0339. The average Bonchev–Trinajstić information content (AvgIpc) is 2.41. The number of nitrogens with one attached hydrogen (secondary N) is 2. The van der Waals surface area contributed by atoms with E-state index in [0.29, 0.717) is 17.0 Å². The first kappa shape index (κ1) is 13.9. The van der Waals surface area contributed by atoms with Crippen LogP contribution in [0.15, 0.2) is 24.3 Å². The maximum absolute atomic E-state index is 11.6. The first-order chi connectivity index (χ1) is 9.00. The van der Waals surface area contributed by atoms with Gasteiger partial charge >= 0.3 is 0 Å². The lowest BCUT2D eigenvalue weighted by atomic mass is 9.75. The largest absolute Gasteiger partial charge is 0.382 e. The van der Waals surface area contributed by atoms with Crippen molar-refractivity contribution in [3.05, 3.63) is 29.8 Å². The van der Waals surface area contributed by atoms with Gasteiger partial charge in [0, 0.05) is 24.3 Å². The van der Waals surface area contributed by atoms with E-state index in [1.165, 1.54) is 25.7 Å². The molecule has 1 saturated carbocycles. The van der Waals surface area contributed by atoms with Crippen molar-refractivity contribution in [1.29, 1.82) is 0 Å². The molecule has 1 aliphatic carbocycles. The van der Waals surface area contributed by atoms with Crippen molar-refractivity contribution in [3.63, 3.8) is 0 Å². The van der Waals surface area contributed by atoms with Crippen LogP contribution >= 0.6 is 0 Å². The predicted molar refractivity (Wildman–Crippen MR) is 79.5 cm³/mol. The molecule has 1 aliphatic rings. The lowest BCUT2D eigenvalue weighted by Crippen LogP contribution is -2.30. The third kappa shape index (κ3) is 3.72. The fourth-order valence-corrected chi connectivity index (χ4v) is 2.67. The highest BCUT2D eigenvalue weighted by atomic mass is 16.1. The Morgan fingerprint density at radius 3 is 2.58 bits per heavy atom. The lowest BCUT2D eigenvalue weighted by Gasteiger charge is -2.35. The van der Waals surface area contributed by atoms with Crippen LogP contribution in [-0.2, 0) is 0 Å². The van der Waals surface area contributed by atoms with Gasteiger partial charge in [0.05, 0.1) is 0 Å². The molecular weight excluding hydrogens is 236 g/mol. The summed E-state index contributed by atoms with van der Waals surface area (Å²) in [5, 5.41) is 6.21. The molecule has 0 saturated heterocycles. The second-order valence-corrected chi connectivity index (χ2v) is 6.24. The molecule has 1 fully saturated rings. The van der Waals surface area contributed by atoms with E-state index < -0.39 is 0 Å². The van der Waals surface area contributed by atoms with Crippen LogP contribution in [0.2, 0.25) is 0 Å². The monoisotopic (exact) mass is 260 g/mol. The van der Waals surface area contributed by atoms with Crippen molar-refractivity contribution in [1.82, 2.24) is 5.32 Å². The van der Waals surface area contributed by atoms with Crippen molar-refractivity contribution in [3.8, 4) is 0 Å². The Balaban J connectivity index is 1.98. The number of anilines is 1. The Kier molecular flexibility index (Phi) is 4.13. The zero-order valence-corrected chi connectivity index (χ0v) is 12.1. The Morgan fingerprint density at radius 2 is 1.95 bits per heavy atom. The van der Waals surface area contributed by atoms with E-state index in [4.69, 9.17) is 0 Å². The average molecular weight is 260 g/mol. The van der Waals surface area contributed by atoms with Crippen LogP contribution in [-0.4, -0.2) is 19.0 Å². The highest BCUT2D eigenvalue weighted by Gasteiger charge is 2.26. The number of hydrogen-bond acceptors (Lipinski definition) is 2. The van der Waals surface area contributed by atoms with Crippen molar-refractivity contribution >= 4 is 11.6 Å². The number of amides is 1. The van der Waals surface area contributed by atoms with Gasteiger partial charge in [-0.05, 0) is 49.3 Å². The number of hydrogen-bond donors (Lipinski definition) is 2. The molecule has 0 spiro atoms. The van der Waals surface area contributed by atoms with E-state index in [1.54, 1.807) is 7.05 Å². The number of rotatable bonds is 3. The summed E-state index contributed by atoms with van der Waals surface area (Å²) in [6, 6.07) is 8.27. The van der Waals surface area contributed by atoms with Gasteiger partial charge in [-0.3, -0.25) is 4.79 Å². The smallest absolute Gasteiger partial charge is 0.251 e. The van der Waals surface area contributed by atoms with Gasteiger partial charge in [-0.15, -0.1) is 0 Å². The van der Waals surface area contributed by atoms with Crippen LogP contribution in [0.3, 0.4) is 0 Å². The van der Waals surface area contributed by atoms with Crippen molar-refractivity contribution in [2.24, 2.45) is 5.41 Å². The summed E-state index contributed by atoms with van der Waals surface area (Å²) in [5.41, 5.74) is 2.25. The molecule has 2 N–H and O–H groups in total. The van der Waals surface area contributed by atoms with Crippen LogP contribution in [0.25, 0.3) is 0 Å². The van der Waals surface area contributed by atoms with Gasteiger partial charge < -0.3 is 10.6 Å². The van der Waals surface area contributed by atoms with Crippen LogP contribution in [0.1, 0.15) is 49.9 Å². The molecule has 0 atom stereocenters. The van der Waals surface area contributed by atoms with Gasteiger partial charge in [0.15, 0.2) is 0 Å². The normalized spacial score (nSPS) is 18.9. The van der Waals surface area contributed by atoms with Gasteiger partial charge in [-0.2, -0.15) is 0 Å². The second-order valence-electron chi connectivity index (χ2n) is 6.24. The molecule has 0 bridgehead atoms. The minimum Gasteiger partial charge on any atom is -0.382 e. The molecule has 0 heterocycles. The van der Waals surface area contributed by atoms with Crippen LogP contribution in [0.4, 0.5) is 5.69 Å². The molecule has 3 nitrogen and oxygen atoms in total. The predicted octanol–water partition coefficient (Wildman–Crippen LogP) is 3.43. The molecule has 19 heavy (non-hydrogen) atoms. The highest BCUT2D eigenvalue weighted by molar-refractivity contribution is 5.94. The van der Waals surface area contributed by atoms with Crippen LogP contribution in [0.5, 0.6) is 0 Å². The molecule has 104 valence electrons. The van der Waals surface area contributed by atoms with Crippen molar-refractivity contribution < 1.29 is 4.79 Å². The Morgan fingerprint density at radius 1 is 1.26 bits per heavy atom. The minimum atomic E-state index is -0.0339. The number of benzene rings is 1. The Bertz CT molecular complexity index is 444. The number of carbonyl (C=O) groups excluding carboxylic acids is 1. The Hall–Kier alpha value is -1.51. The van der Waals surface area contributed by atoms with Crippen LogP contribution in [0, 0.1) is 5.41 Å². The summed E-state index contributed by atoms with van der Waals surface area (Å²) in [6.45, 7) is 4.69. The molecule has 2 rings (SSSR count). The Labute approximate surface area is 115 Å². The first-order valence-corrected chi connectivity index (χ1v) is 7.09. The zero-order valence-electron chi connectivity index (χ0n) is 12.1. The third-order valence-electron chi connectivity index (χ3n) is 4.06. The first-order valence-electron chi connectivity index (χ1n) is 7.09. The van der Waals surface area contributed by atoms with E-state index >= 15 is 0 Å².